The number of allylic oxidation sites excluding steroid dienone is 4. The molecule has 0 bridgehead atoms. The predicted molar refractivity (Wildman–Crippen MR) is 99.7 cm³/mol. The number of hydrogen-bond donors (Lipinski definition) is 3. The van der Waals surface area contributed by atoms with Gasteiger partial charge in [-0.2, -0.15) is 0 Å². The van der Waals surface area contributed by atoms with Crippen molar-refractivity contribution in [2.24, 2.45) is 11.8 Å². The summed E-state index contributed by atoms with van der Waals surface area (Å²) in [5, 5.41) is 3.36. The summed E-state index contributed by atoms with van der Waals surface area (Å²) in [6.07, 6.45) is 10.8. The van der Waals surface area contributed by atoms with Gasteiger partial charge in [0.2, 0.25) is 5.91 Å². The quantitative estimate of drug-likeness (QED) is 0.789. The Kier molecular flexibility index (Phi) is 2.86. The van der Waals surface area contributed by atoms with Gasteiger partial charge in [0, 0.05) is 12.5 Å². The van der Waals surface area contributed by atoms with Gasteiger partial charge in [-0.25, -0.2) is 5.43 Å². The molecule has 1 fully saturated rings. The number of rotatable bonds is 3. The van der Waals surface area contributed by atoms with E-state index in [1.807, 2.05) is 18.2 Å². The first kappa shape index (κ1) is 14.7. The van der Waals surface area contributed by atoms with Crippen LogP contribution in [0.25, 0.3) is 0 Å². The molecule has 0 saturated heterocycles. The van der Waals surface area contributed by atoms with Crippen LogP contribution in [0.5, 0.6) is 0 Å². The van der Waals surface area contributed by atoms with E-state index in [1.165, 1.54) is 27.9 Å². The van der Waals surface area contributed by atoms with E-state index in [0.29, 0.717) is 5.92 Å². The summed E-state index contributed by atoms with van der Waals surface area (Å²) in [7, 11) is 0. The third-order valence-corrected chi connectivity index (χ3v) is 6.39. The predicted octanol–water partition coefficient (Wildman–Crippen LogP) is 2.25. The third kappa shape index (κ3) is 2.06. The van der Waals surface area contributed by atoms with Crippen molar-refractivity contribution >= 4 is 5.91 Å². The minimum absolute atomic E-state index is 0.0112. The van der Waals surface area contributed by atoms with Crippen molar-refractivity contribution in [1.82, 2.24) is 16.2 Å². The summed E-state index contributed by atoms with van der Waals surface area (Å²) in [6, 6.07) is 10.4. The maximum Gasteiger partial charge on any atom is 0.229 e. The fourth-order valence-corrected chi connectivity index (χ4v) is 4.76. The zero-order valence-corrected chi connectivity index (χ0v) is 14.5. The molecule has 0 radical (unpaired) electrons. The maximum absolute atomic E-state index is 13.2. The third-order valence-electron chi connectivity index (χ3n) is 6.39. The van der Waals surface area contributed by atoms with E-state index in [2.05, 4.69) is 52.6 Å². The first-order valence-electron chi connectivity index (χ1n) is 9.46. The van der Waals surface area contributed by atoms with Gasteiger partial charge in [-0.3, -0.25) is 10.2 Å². The molecule has 0 aromatic heterocycles. The highest BCUT2D eigenvalue weighted by Crippen LogP contribution is 2.49. The number of fused-ring (bicyclic) bond motifs is 2. The smallest absolute Gasteiger partial charge is 0.229 e. The molecule has 1 aliphatic heterocycles. The Morgan fingerprint density at radius 1 is 1.19 bits per heavy atom. The Morgan fingerprint density at radius 2 is 2.04 bits per heavy atom. The monoisotopic (exact) mass is 343 g/mol. The summed E-state index contributed by atoms with van der Waals surface area (Å²) < 4.78 is 0. The number of carbonyl (C=O) groups is 1. The Labute approximate surface area is 152 Å². The fraction of sp³-hybridized carbons (Fsp3) is 0.318. The number of amides is 1. The summed E-state index contributed by atoms with van der Waals surface area (Å²) in [6.45, 7) is 0.851. The van der Waals surface area contributed by atoms with Crippen molar-refractivity contribution in [3.8, 4) is 0 Å². The molecule has 130 valence electrons. The van der Waals surface area contributed by atoms with E-state index >= 15 is 0 Å². The van der Waals surface area contributed by atoms with Crippen LogP contribution in [0.4, 0.5) is 0 Å². The lowest BCUT2D eigenvalue weighted by Crippen LogP contribution is -2.56. The second-order valence-electron chi connectivity index (χ2n) is 7.98. The van der Waals surface area contributed by atoms with Crippen LogP contribution in [-0.4, -0.2) is 18.5 Å². The highest BCUT2D eigenvalue weighted by Gasteiger charge is 2.48. The molecule has 4 heteroatoms. The molecule has 1 aromatic rings. The molecule has 26 heavy (non-hydrogen) atoms. The second kappa shape index (κ2) is 5.06. The lowest BCUT2D eigenvalue weighted by atomic mass is 9.75. The fourth-order valence-electron chi connectivity index (χ4n) is 4.76. The van der Waals surface area contributed by atoms with Crippen LogP contribution in [0.2, 0.25) is 0 Å². The number of hydrogen-bond acceptors (Lipinski definition) is 3. The van der Waals surface area contributed by atoms with E-state index in [0.717, 1.165) is 19.4 Å². The van der Waals surface area contributed by atoms with Gasteiger partial charge in [-0.05, 0) is 40.7 Å². The molecule has 3 N–H and O–H groups in total. The van der Waals surface area contributed by atoms with Crippen LogP contribution >= 0.6 is 0 Å². The summed E-state index contributed by atoms with van der Waals surface area (Å²) >= 11 is 0. The van der Waals surface area contributed by atoms with Gasteiger partial charge >= 0.3 is 0 Å². The highest BCUT2D eigenvalue weighted by molar-refractivity contribution is 5.85. The van der Waals surface area contributed by atoms with Gasteiger partial charge in [0.1, 0.15) is 0 Å². The molecular formula is C22H21N3O. The lowest BCUT2D eigenvalue weighted by Gasteiger charge is -2.39. The van der Waals surface area contributed by atoms with Gasteiger partial charge in [-0.15, -0.1) is 0 Å². The lowest BCUT2D eigenvalue weighted by molar-refractivity contribution is -0.125. The minimum atomic E-state index is -0.188. The van der Waals surface area contributed by atoms with Gasteiger partial charge in [-0.1, -0.05) is 54.6 Å². The molecule has 6 rings (SSSR count). The Balaban J connectivity index is 1.31. The van der Waals surface area contributed by atoms with E-state index in [1.54, 1.807) is 0 Å². The highest BCUT2D eigenvalue weighted by atomic mass is 16.2. The van der Waals surface area contributed by atoms with Gasteiger partial charge in [0.05, 0.1) is 17.5 Å². The first-order chi connectivity index (χ1) is 12.8. The molecule has 3 unspecified atom stereocenters. The summed E-state index contributed by atoms with van der Waals surface area (Å²) in [5.74, 6) is 0.427. The van der Waals surface area contributed by atoms with Crippen LogP contribution in [0.1, 0.15) is 18.4 Å². The van der Waals surface area contributed by atoms with Crippen molar-refractivity contribution in [3.63, 3.8) is 0 Å². The van der Waals surface area contributed by atoms with E-state index < -0.39 is 0 Å². The average Bonchev–Trinajstić information content (AvgIpc) is 3.59. The van der Waals surface area contributed by atoms with Crippen molar-refractivity contribution in [3.05, 3.63) is 82.5 Å². The van der Waals surface area contributed by atoms with Gasteiger partial charge in [0.25, 0.3) is 0 Å². The molecule has 1 aromatic carbocycles. The molecule has 1 amide bonds. The van der Waals surface area contributed by atoms with Crippen LogP contribution in [0.3, 0.4) is 0 Å². The molecule has 1 heterocycles. The Hall–Kier alpha value is -2.43. The van der Waals surface area contributed by atoms with Crippen molar-refractivity contribution < 1.29 is 4.79 Å². The number of carbonyl (C=O) groups excluding carboxylic acids is 1. The summed E-state index contributed by atoms with van der Waals surface area (Å²) in [4.78, 5) is 13.2. The molecule has 5 aliphatic rings. The molecule has 4 aliphatic carbocycles. The zero-order chi connectivity index (χ0) is 17.3. The molecular weight excluding hydrogens is 322 g/mol. The topological polar surface area (TPSA) is 53.2 Å². The Morgan fingerprint density at radius 3 is 2.85 bits per heavy atom. The van der Waals surface area contributed by atoms with E-state index in [4.69, 9.17) is 0 Å². The minimum Gasteiger partial charge on any atom is -0.346 e. The SMILES string of the molecule is O=C(NC1(c2ccccc2)CC1)C1C=CC2=CC3=CC3C3=C2C1NNC3. The van der Waals surface area contributed by atoms with Crippen molar-refractivity contribution in [2.75, 3.05) is 6.54 Å². The molecule has 3 atom stereocenters. The number of nitrogens with one attached hydrogen (secondary N) is 3. The second-order valence-corrected chi connectivity index (χ2v) is 7.98. The average molecular weight is 343 g/mol. The zero-order valence-electron chi connectivity index (χ0n) is 14.5. The van der Waals surface area contributed by atoms with Crippen molar-refractivity contribution in [1.29, 1.82) is 0 Å². The van der Waals surface area contributed by atoms with Crippen molar-refractivity contribution in [2.45, 2.75) is 24.4 Å². The number of benzene rings is 1. The summed E-state index contributed by atoms with van der Waals surface area (Å²) in [5.41, 5.74) is 13.2. The molecule has 4 nitrogen and oxygen atoms in total. The van der Waals surface area contributed by atoms with Gasteiger partial charge < -0.3 is 5.32 Å². The largest absolute Gasteiger partial charge is 0.346 e. The maximum atomic E-state index is 13.2. The first-order valence-corrected chi connectivity index (χ1v) is 9.46. The Bertz CT molecular complexity index is 933. The van der Waals surface area contributed by atoms with Crippen LogP contribution in [-0.2, 0) is 10.3 Å². The normalized spacial score (nSPS) is 32.1. The van der Waals surface area contributed by atoms with Crippen LogP contribution in [0.15, 0.2) is 76.9 Å². The van der Waals surface area contributed by atoms with E-state index in [-0.39, 0.29) is 23.4 Å². The standard InChI is InChI=1S/C22H21N3O/c26-21(24-22(8-9-22)15-4-2-1-3-5-15)16-7-6-13-10-14-11-17(14)18-12-23-25-20(16)19(13)18/h1-7,10-11,16-17,20,23,25H,8-9,12H2,(H,24,26). The molecule has 0 spiro atoms. The van der Waals surface area contributed by atoms with Crippen LogP contribution in [0, 0.1) is 11.8 Å². The molecule has 1 saturated carbocycles. The number of hydrazine groups is 1. The van der Waals surface area contributed by atoms with Crippen LogP contribution < -0.4 is 16.2 Å². The van der Waals surface area contributed by atoms with Gasteiger partial charge in [0.15, 0.2) is 0 Å². The van der Waals surface area contributed by atoms with E-state index in [9.17, 15) is 4.79 Å².